The van der Waals surface area contributed by atoms with Gasteiger partial charge in [-0.25, -0.2) is 0 Å². The molecule has 1 aromatic carbocycles. The first-order valence-electron chi connectivity index (χ1n) is 7.41. The second-order valence-corrected chi connectivity index (χ2v) is 5.52. The van der Waals surface area contributed by atoms with Crippen LogP contribution in [0.2, 0.25) is 0 Å². The molecule has 1 unspecified atom stereocenters. The van der Waals surface area contributed by atoms with E-state index >= 15 is 0 Å². The van der Waals surface area contributed by atoms with Crippen LogP contribution in [0.15, 0.2) is 24.3 Å². The van der Waals surface area contributed by atoms with Crippen molar-refractivity contribution in [2.45, 2.75) is 26.3 Å². The van der Waals surface area contributed by atoms with Crippen LogP contribution in [0.1, 0.15) is 24.0 Å². The maximum absolute atomic E-state index is 11.9. The van der Waals surface area contributed by atoms with Gasteiger partial charge in [-0.15, -0.1) is 0 Å². The lowest BCUT2D eigenvalue weighted by Crippen LogP contribution is -2.45. The van der Waals surface area contributed by atoms with Crippen molar-refractivity contribution in [3.63, 3.8) is 0 Å². The molecule has 0 aromatic heterocycles. The molecule has 0 aliphatic carbocycles. The quantitative estimate of drug-likeness (QED) is 0.729. The molecule has 3 amide bonds. The average Bonchev–Trinajstić information content (AvgIpc) is 2.52. The molecule has 1 saturated heterocycles. The number of piperidine rings is 1. The van der Waals surface area contributed by atoms with Crippen molar-refractivity contribution in [3.8, 4) is 0 Å². The maximum Gasteiger partial charge on any atom is 0.239 e. The van der Waals surface area contributed by atoms with Crippen LogP contribution in [0.25, 0.3) is 0 Å². The summed E-state index contributed by atoms with van der Waals surface area (Å²) in [6.45, 7) is 2.74. The number of amides is 3. The Kier molecular flexibility index (Phi) is 5.52. The van der Waals surface area contributed by atoms with Crippen LogP contribution in [0.5, 0.6) is 0 Å². The van der Waals surface area contributed by atoms with Gasteiger partial charge in [-0.1, -0.05) is 29.8 Å². The maximum atomic E-state index is 11.9. The van der Waals surface area contributed by atoms with Gasteiger partial charge in [0.05, 0.1) is 12.5 Å². The first kappa shape index (κ1) is 16.0. The highest BCUT2D eigenvalue weighted by Gasteiger charge is 2.24. The van der Waals surface area contributed by atoms with E-state index in [-0.39, 0.29) is 30.2 Å². The summed E-state index contributed by atoms with van der Waals surface area (Å²) < 4.78 is 0. The highest BCUT2D eigenvalue weighted by atomic mass is 16.2. The SMILES string of the molecule is Cc1ccc(CNC(=O)CNC(=O)C2CCC(=O)NC2)cc1. The smallest absolute Gasteiger partial charge is 0.239 e. The lowest BCUT2D eigenvalue weighted by atomic mass is 9.98. The summed E-state index contributed by atoms with van der Waals surface area (Å²) in [5.41, 5.74) is 2.18. The average molecular weight is 303 g/mol. The summed E-state index contributed by atoms with van der Waals surface area (Å²) in [6.07, 6.45) is 0.889. The predicted molar refractivity (Wildman–Crippen MR) is 81.8 cm³/mol. The van der Waals surface area contributed by atoms with Crippen LogP contribution < -0.4 is 16.0 Å². The Balaban J connectivity index is 1.67. The van der Waals surface area contributed by atoms with Gasteiger partial charge < -0.3 is 16.0 Å². The molecule has 0 bridgehead atoms. The third-order valence-electron chi connectivity index (χ3n) is 3.67. The molecule has 1 atom stereocenters. The summed E-state index contributed by atoms with van der Waals surface area (Å²) >= 11 is 0. The standard InChI is InChI=1S/C16H21N3O3/c1-11-2-4-12(5-3-11)8-17-15(21)10-19-16(22)13-6-7-14(20)18-9-13/h2-5,13H,6-10H2,1H3,(H,17,21)(H,18,20)(H,19,22). The van der Waals surface area contributed by atoms with E-state index in [1.165, 1.54) is 5.56 Å². The Hall–Kier alpha value is -2.37. The van der Waals surface area contributed by atoms with Crippen LogP contribution in [-0.2, 0) is 20.9 Å². The fourth-order valence-electron chi connectivity index (χ4n) is 2.24. The van der Waals surface area contributed by atoms with Gasteiger partial charge >= 0.3 is 0 Å². The van der Waals surface area contributed by atoms with Gasteiger partial charge in [-0.2, -0.15) is 0 Å². The zero-order chi connectivity index (χ0) is 15.9. The van der Waals surface area contributed by atoms with Crippen molar-refractivity contribution < 1.29 is 14.4 Å². The number of benzene rings is 1. The van der Waals surface area contributed by atoms with Crippen molar-refractivity contribution >= 4 is 17.7 Å². The third-order valence-corrected chi connectivity index (χ3v) is 3.67. The first-order valence-corrected chi connectivity index (χ1v) is 7.41. The molecule has 1 fully saturated rings. The van der Waals surface area contributed by atoms with E-state index in [0.29, 0.717) is 25.9 Å². The second kappa shape index (κ2) is 7.59. The molecular weight excluding hydrogens is 282 g/mol. The minimum atomic E-state index is -0.248. The normalized spacial score (nSPS) is 17.5. The highest BCUT2D eigenvalue weighted by Crippen LogP contribution is 2.10. The Bertz CT molecular complexity index is 544. The van der Waals surface area contributed by atoms with Gasteiger partial charge in [0.1, 0.15) is 0 Å². The van der Waals surface area contributed by atoms with Gasteiger partial charge in [0, 0.05) is 19.5 Å². The van der Waals surface area contributed by atoms with Crippen LogP contribution in [0, 0.1) is 12.8 Å². The predicted octanol–water partition coefficient (Wildman–Crippen LogP) is 0.254. The van der Waals surface area contributed by atoms with E-state index in [9.17, 15) is 14.4 Å². The summed E-state index contributed by atoms with van der Waals surface area (Å²) in [5.74, 6) is -0.693. The van der Waals surface area contributed by atoms with Crippen LogP contribution in [0.4, 0.5) is 0 Å². The van der Waals surface area contributed by atoms with Crippen LogP contribution >= 0.6 is 0 Å². The van der Waals surface area contributed by atoms with E-state index < -0.39 is 0 Å². The minimum absolute atomic E-state index is 0.0279. The number of carbonyl (C=O) groups excluding carboxylic acids is 3. The molecule has 0 saturated carbocycles. The van der Waals surface area contributed by atoms with Gasteiger partial charge in [0.25, 0.3) is 0 Å². The molecule has 3 N–H and O–H groups in total. The number of hydrogen-bond donors (Lipinski definition) is 3. The number of nitrogens with one attached hydrogen (secondary N) is 3. The van der Waals surface area contributed by atoms with E-state index in [2.05, 4.69) is 16.0 Å². The largest absolute Gasteiger partial charge is 0.355 e. The number of hydrogen-bond acceptors (Lipinski definition) is 3. The van der Waals surface area contributed by atoms with Crippen molar-refractivity contribution in [3.05, 3.63) is 35.4 Å². The zero-order valence-corrected chi connectivity index (χ0v) is 12.6. The van der Waals surface area contributed by atoms with Gasteiger partial charge in [0.2, 0.25) is 17.7 Å². The topological polar surface area (TPSA) is 87.3 Å². The molecule has 1 aromatic rings. The Morgan fingerprint density at radius 2 is 1.95 bits per heavy atom. The van der Waals surface area contributed by atoms with Gasteiger partial charge in [0.15, 0.2) is 0 Å². The molecule has 1 aliphatic rings. The monoisotopic (exact) mass is 303 g/mol. The highest BCUT2D eigenvalue weighted by molar-refractivity contribution is 5.87. The van der Waals surface area contributed by atoms with E-state index in [1.54, 1.807) is 0 Å². The van der Waals surface area contributed by atoms with Crippen molar-refractivity contribution in [1.29, 1.82) is 0 Å². The molecular formula is C16H21N3O3. The number of rotatable bonds is 5. The number of aryl methyl sites for hydroxylation is 1. The summed E-state index contributed by atoms with van der Waals surface area (Å²) in [7, 11) is 0. The molecule has 118 valence electrons. The lowest BCUT2D eigenvalue weighted by molar-refractivity contribution is -0.131. The Morgan fingerprint density at radius 1 is 1.23 bits per heavy atom. The van der Waals surface area contributed by atoms with Gasteiger partial charge in [-0.3, -0.25) is 14.4 Å². The zero-order valence-electron chi connectivity index (χ0n) is 12.6. The molecule has 0 spiro atoms. The minimum Gasteiger partial charge on any atom is -0.355 e. The van der Waals surface area contributed by atoms with Gasteiger partial charge in [-0.05, 0) is 18.9 Å². The second-order valence-electron chi connectivity index (χ2n) is 5.52. The molecule has 2 rings (SSSR count). The van der Waals surface area contributed by atoms with Crippen molar-refractivity contribution in [1.82, 2.24) is 16.0 Å². The van der Waals surface area contributed by atoms with Crippen LogP contribution in [-0.4, -0.2) is 30.8 Å². The molecule has 1 aliphatic heterocycles. The molecule has 22 heavy (non-hydrogen) atoms. The van der Waals surface area contributed by atoms with Crippen molar-refractivity contribution in [2.75, 3.05) is 13.1 Å². The van der Waals surface area contributed by atoms with Crippen LogP contribution in [0.3, 0.4) is 0 Å². The molecule has 6 nitrogen and oxygen atoms in total. The molecule has 1 heterocycles. The van der Waals surface area contributed by atoms with E-state index in [1.807, 2.05) is 31.2 Å². The lowest BCUT2D eigenvalue weighted by Gasteiger charge is -2.21. The summed E-state index contributed by atoms with van der Waals surface area (Å²) in [6, 6.07) is 7.89. The summed E-state index contributed by atoms with van der Waals surface area (Å²) in [4.78, 5) is 34.6. The third kappa shape index (κ3) is 4.87. The fraction of sp³-hybridized carbons (Fsp3) is 0.438. The number of carbonyl (C=O) groups is 3. The molecule has 6 heteroatoms. The van der Waals surface area contributed by atoms with E-state index in [4.69, 9.17) is 0 Å². The Labute approximate surface area is 129 Å². The fourth-order valence-corrected chi connectivity index (χ4v) is 2.24. The molecule has 0 radical (unpaired) electrons. The van der Waals surface area contributed by atoms with E-state index in [0.717, 1.165) is 5.56 Å². The Morgan fingerprint density at radius 3 is 2.59 bits per heavy atom. The summed E-state index contributed by atoms with van der Waals surface area (Å²) in [5, 5.41) is 8.02. The van der Waals surface area contributed by atoms with Crippen molar-refractivity contribution in [2.24, 2.45) is 5.92 Å². The first-order chi connectivity index (χ1) is 10.5.